The van der Waals surface area contributed by atoms with Gasteiger partial charge in [-0.05, 0) is 74.2 Å². The Hall–Kier alpha value is -3.60. The molecule has 1 aromatic heterocycles. The Bertz CT molecular complexity index is 1330. The van der Waals surface area contributed by atoms with Gasteiger partial charge in [0.2, 0.25) is 5.91 Å². The first-order valence-electron chi connectivity index (χ1n) is 11.9. The fraction of sp³-hybridized carbons (Fsp3) is 0.310. The number of carbonyl (C=O) groups excluding carboxylic acids is 1. The molecule has 5 heteroatoms. The van der Waals surface area contributed by atoms with E-state index in [2.05, 4.69) is 74.7 Å². The third-order valence-corrected chi connectivity index (χ3v) is 6.66. The van der Waals surface area contributed by atoms with Crippen LogP contribution < -0.4 is 9.64 Å². The first-order valence-corrected chi connectivity index (χ1v) is 11.9. The van der Waals surface area contributed by atoms with Gasteiger partial charge in [-0.3, -0.25) is 4.79 Å². The van der Waals surface area contributed by atoms with Crippen molar-refractivity contribution in [3.05, 3.63) is 88.7 Å². The monoisotopic (exact) mass is 453 g/mol. The van der Waals surface area contributed by atoms with Gasteiger partial charge in [-0.2, -0.15) is 0 Å². The zero-order chi connectivity index (χ0) is 23.8. The number of benzene rings is 3. The van der Waals surface area contributed by atoms with Gasteiger partial charge >= 0.3 is 0 Å². The molecular formula is C29H31N3O2. The van der Waals surface area contributed by atoms with Gasteiger partial charge in [-0.1, -0.05) is 36.4 Å². The zero-order valence-corrected chi connectivity index (χ0v) is 20.3. The third-order valence-electron chi connectivity index (χ3n) is 6.66. The molecule has 0 saturated carbocycles. The summed E-state index contributed by atoms with van der Waals surface area (Å²) in [4.78, 5) is 19.9. The first-order chi connectivity index (χ1) is 16.4. The van der Waals surface area contributed by atoms with Crippen molar-refractivity contribution in [3.63, 3.8) is 0 Å². The number of carbonyl (C=O) groups is 1. The van der Waals surface area contributed by atoms with Crippen molar-refractivity contribution in [2.24, 2.45) is 0 Å². The second kappa shape index (κ2) is 8.98. The lowest BCUT2D eigenvalue weighted by Crippen LogP contribution is -2.25. The lowest BCUT2D eigenvalue weighted by atomic mass is 10.1. The molecule has 0 bridgehead atoms. The smallest absolute Gasteiger partial charge is 0.227 e. The molecule has 0 radical (unpaired) electrons. The average Bonchev–Trinajstić information content (AvgIpc) is 3.36. The van der Waals surface area contributed by atoms with E-state index >= 15 is 0 Å². The van der Waals surface area contributed by atoms with Gasteiger partial charge in [-0.25, -0.2) is 4.98 Å². The molecule has 0 spiro atoms. The standard InChI is InChI=1S/C29H31N3O2/c1-19-14-20(2)16-24(15-19)32-18-23(17-27(32)33)29-30-25-10-5-6-11-26(25)31(29)12-13-34-28-21(3)8-7-9-22(28)4/h5-11,14-16,23H,12-13,17-18H2,1-4H3. The highest BCUT2D eigenvalue weighted by Gasteiger charge is 2.35. The van der Waals surface area contributed by atoms with Crippen molar-refractivity contribution in [2.45, 2.75) is 46.6 Å². The van der Waals surface area contributed by atoms with Gasteiger partial charge in [0.25, 0.3) is 0 Å². The van der Waals surface area contributed by atoms with Gasteiger partial charge in [0.1, 0.15) is 18.2 Å². The lowest BCUT2D eigenvalue weighted by molar-refractivity contribution is -0.117. The molecule has 34 heavy (non-hydrogen) atoms. The van der Waals surface area contributed by atoms with E-state index in [1.165, 1.54) is 11.1 Å². The van der Waals surface area contributed by atoms with Crippen LogP contribution in [0.1, 0.15) is 40.4 Å². The summed E-state index contributed by atoms with van der Waals surface area (Å²) in [6.45, 7) is 10.2. The Morgan fingerprint density at radius 3 is 2.38 bits per heavy atom. The molecule has 0 N–H and O–H groups in total. The summed E-state index contributed by atoms with van der Waals surface area (Å²) >= 11 is 0. The Kier molecular flexibility index (Phi) is 5.86. The van der Waals surface area contributed by atoms with Crippen LogP contribution in [0.15, 0.2) is 60.7 Å². The summed E-state index contributed by atoms with van der Waals surface area (Å²) in [6, 6.07) is 20.7. The van der Waals surface area contributed by atoms with Gasteiger partial charge in [-0.15, -0.1) is 0 Å². The number of rotatable bonds is 6. The number of nitrogens with zero attached hydrogens (tertiary/aromatic N) is 3. The average molecular weight is 454 g/mol. The fourth-order valence-corrected chi connectivity index (χ4v) is 5.14. The van der Waals surface area contributed by atoms with E-state index in [-0.39, 0.29) is 11.8 Å². The van der Waals surface area contributed by atoms with Gasteiger partial charge in [0.05, 0.1) is 17.6 Å². The molecule has 2 heterocycles. The number of ether oxygens (including phenoxy) is 1. The molecule has 3 aromatic carbocycles. The molecule has 174 valence electrons. The van der Waals surface area contributed by atoms with Crippen LogP contribution in [0, 0.1) is 27.7 Å². The van der Waals surface area contributed by atoms with E-state index in [1.54, 1.807) is 0 Å². The maximum Gasteiger partial charge on any atom is 0.227 e. The van der Waals surface area contributed by atoms with E-state index in [1.807, 2.05) is 23.1 Å². The van der Waals surface area contributed by atoms with Crippen LogP contribution in [0.2, 0.25) is 0 Å². The minimum atomic E-state index is 0.0425. The summed E-state index contributed by atoms with van der Waals surface area (Å²) in [5, 5.41) is 0. The largest absolute Gasteiger partial charge is 0.491 e. The number of fused-ring (bicyclic) bond motifs is 1. The van der Waals surface area contributed by atoms with Gasteiger partial charge in [0.15, 0.2) is 0 Å². The molecule has 5 nitrogen and oxygen atoms in total. The molecule has 5 rings (SSSR count). The van der Waals surface area contributed by atoms with Crippen LogP contribution in [0.25, 0.3) is 11.0 Å². The quantitative estimate of drug-likeness (QED) is 0.367. The summed E-state index contributed by atoms with van der Waals surface area (Å²) in [6.07, 6.45) is 0.466. The summed E-state index contributed by atoms with van der Waals surface area (Å²) in [7, 11) is 0. The minimum absolute atomic E-state index is 0.0425. The molecule has 1 atom stereocenters. The molecule has 1 unspecified atom stereocenters. The number of aromatic nitrogens is 2. The molecular weight excluding hydrogens is 422 g/mol. The second-order valence-corrected chi connectivity index (χ2v) is 9.43. The highest BCUT2D eigenvalue weighted by atomic mass is 16.5. The molecule has 0 aliphatic carbocycles. The van der Waals surface area contributed by atoms with E-state index in [9.17, 15) is 4.79 Å². The highest BCUT2D eigenvalue weighted by molar-refractivity contribution is 5.96. The van der Waals surface area contributed by atoms with Crippen molar-refractivity contribution in [3.8, 4) is 5.75 Å². The molecule has 1 fully saturated rings. The van der Waals surface area contributed by atoms with Crippen LogP contribution in [0.5, 0.6) is 5.75 Å². The van der Waals surface area contributed by atoms with E-state index < -0.39 is 0 Å². The maximum atomic E-state index is 13.0. The third kappa shape index (κ3) is 4.18. The van der Waals surface area contributed by atoms with Crippen molar-refractivity contribution in [1.29, 1.82) is 0 Å². The van der Waals surface area contributed by atoms with E-state index in [4.69, 9.17) is 9.72 Å². The lowest BCUT2D eigenvalue weighted by Gasteiger charge is -2.19. The summed E-state index contributed by atoms with van der Waals surface area (Å²) < 4.78 is 8.46. The molecule has 1 aliphatic rings. The fourth-order valence-electron chi connectivity index (χ4n) is 5.14. The van der Waals surface area contributed by atoms with Crippen molar-refractivity contribution < 1.29 is 9.53 Å². The Labute approximate surface area is 201 Å². The zero-order valence-electron chi connectivity index (χ0n) is 20.3. The first kappa shape index (κ1) is 22.2. The van der Waals surface area contributed by atoms with Crippen LogP contribution in [0.3, 0.4) is 0 Å². The number of amides is 1. The Morgan fingerprint density at radius 2 is 1.65 bits per heavy atom. The van der Waals surface area contributed by atoms with Gasteiger partial charge < -0.3 is 14.2 Å². The van der Waals surface area contributed by atoms with Crippen LogP contribution in [-0.2, 0) is 11.3 Å². The van der Waals surface area contributed by atoms with E-state index in [0.717, 1.165) is 39.4 Å². The highest BCUT2D eigenvalue weighted by Crippen LogP contribution is 2.34. The topological polar surface area (TPSA) is 47.4 Å². The summed E-state index contributed by atoms with van der Waals surface area (Å²) in [5.41, 5.74) is 7.64. The minimum Gasteiger partial charge on any atom is -0.491 e. The Morgan fingerprint density at radius 1 is 0.941 bits per heavy atom. The maximum absolute atomic E-state index is 13.0. The Balaban J connectivity index is 1.42. The van der Waals surface area contributed by atoms with Gasteiger partial charge in [0, 0.05) is 24.6 Å². The SMILES string of the molecule is Cc1cc(C)cc(N2CC(c3nc4ccccc4n3CCOc3c(C)cccc3C)CC2=O)c1. The van der Waals surface area contributed by atoms with Crippen molar-refractivity contribution in [2.75, 3.05) is 18.1 Å². The van der Waals surface area contributed by atoms with Crippen LogP contribution in [-0.4, -0.2) is 28.6 Å². The number of hydrogen-bond donors (Lipinski definition) is 0. The van der Waals surface area contributed by atoms with Crippen LogP contribution in [0.4, 0.5) is 5.69 Å². The number of para-hydroxylation sites is 3. The molecule has 1 saturated heterocycles. The number of imidazole rings is 1. The predicted octanol–water partition coefficient (Wildman–Crippen LogP) is 5.87. The van der Waals surface area contributed by atoms with E-state index in [0.29, 0.717) is 26.1 Å². The number of hydrogen-bond acceptors (Lipinski definition) is 3. The summed E-state index contributed by atoms with van der Waals surface area (Å²) in [5.74, 6) is 2.11. The normalized spacial score (nSPS) is 15.9. The van der Waals surface area contributed by atoms with Crippen LogP contribution >= 0.6 is 0 Å². The van der Waals surface area contributed by atoms with Crippen molar-refractivity contribution in [1.82, 2.24) is 9.55 Å². The molecule has 1 aliphatic heterocycles. The predicted molar refractivity (Wildman–Crippen MR) is 137 cm³/mol. The molecule has 4 aromatic rings. The molecule has 1 amide bonds. The second-order valence-electron chi connectivity index (χ2n) is 9.43. The van der Waals surface area contributed by atoms with Crippen molar-refractivity contribution >= 4 is 22.6 Å². The number of aryl methyl sites for hydroxylation is 4. The number of anilines is 1.